The van der Waals surface area contributed by atoms with E-state index in [4.69, 9.17) is 4.55 Å². The van der Waals surface area contributed by atoms with Crippen LogP contribution in [0.4, 0.5) is 11.4 Å². The van der Waals surface area contributed by atoms with Crippen LogP contribution < -0.4 is 5.32 Å². The van der Waals surface area contributed by atoms with Crippen LogP contribution in [0, 0.1) is 0 Å². The van der Waals surface area contributed by atoms with Gasteiger partial charge in [0.2, 0.25) is 5.91 Å². The summed E-state index contributed by atoms with van der Waals surface area (Å²) in [7, 11) is -2.20. The van der Waals surface area contributed by atoms with E-state index in [1.54, 1.807) is 24.3 Å². The van der Waals surface area contributed by atoms with Gasteiger partial charge in [0.25, 0.3) is 0 Å². The van der Waals surface area contributed by atoms with Crippen molar-refractivity contribution in [3.63, 3.8) is 0 Å². The molecule has 6 nitrogen and oxygen atoms in total. The van der Waals surface area contributed by atoms with Crippen LogP contribution in [0.25, 0.3) is 0 Å². The van der Waals surface area contributed by atoms with E-state index in [0.29, 0.717) is 22.3 Å². The van der Waals surface area contributed by atoms with Gasteiger partial charge < -0.3 is 18.4 Å². The fourth-order valence-electron chi connectivity index (χ4n) is 1.18. The largest absolute Gasteiger partial charge is 0.454 e. The molecule has 1 aromatic carbocycles. The molecule has 0 aliphatic carbocycles. The predicted molar refractivity (Wildman–Crippen MR) is 66.9 cm³/mol. The summed E-state index contributed by atoms with van der Waals surface area (Å²) < 4.78 is 22.4. The number of nitrogens with one attached hydrogen (secondary N) is 1. The summed E-state index contributed by atoms with van der Waals surface area (Å²) in [5, 5.41) is 3.17. The third-order valence-electron chi connectivity index (χ3n) is 1.85. The van der Waals surface area contributed by atoms with Crippen LogP contribution in [-0.4, -0.2) is 21.4 Å². The number of rotatable bonds is 2. The summed E-state index contributed by atoms with van der Waals surface area (Å²) in [6.07, 6.45) is 0. The molecule has 0 unspecified atom stereocenters. The van der Waals surface area contributed by atoms with Crippen molar-refractivity contribution in [3.8, 4) is 0 Å². The molecule has 1 fully saturated rings. The highest BCUT2D eigenvalue weighted by Crippen LogP contribution is 2.21. The van der Waals surface area contributed by atoms with Gasteiger partial charge in [-0.3, -0.25) is 4.79 Å². The van der Waals surface area contributed by atoms with Crippen molar-refractivity contribution < 1.29 is 13.6 Å². The van der Waals surface area contributed by atoms with Crippen LogP contribution in [0.1, 0.15) is 0 Å². The summed E-state index contributed by atoms with van der Waals surface area (Å²) in [6, 6.07) is 6.47. The third-order valence-corrected chi connectivity index (χ3v) is 3.09. The van der Waals surface area contributed by atoms with E-state index in [1.807, 2.05) is 0 Å². The van der Waals surface area contributed by atoms with Gasteiger partial charge >= 0.3 is 0 Å². The fourth-order valence-corrected chi connectivity index (χ4v) is 2.18. The summed E-state index contributed by atoms with van der Waals surface area (Å²) in [4.78, 5) is 15.1. The third kappa shape index (κ3) is 3.55. The Morgan fingerprint density at radius 1 is 1.29 bits per heavy atom. The fraction of sp³-hybridized carbons (Fsp3) is 0.111. The van der Waals surface area contributed by atoms with Gasteiger partial charge in [0, 0.05) is 5.69 Å². The van der Waals surface area contributed by atoms with Gasteiger partial charge in [-0.15, -0.1) is 0 Å². The summed E-state index contributed by atoms with van der Waals surface area (Å²) in [5.41, 5.74) is 1.05. The predicted octanol–water partition coefficient (Wildman–Crippen LogP) is 1.79. The van der Waals surface area contributed by atoms with Crippen molar-refractivity contribution in [1.82, 2.24) is 5.32 Å². The van der Waals surface area contributed by atoms with Gasteiger partial charge in [0.1, 0.15) is 0 Å². The highest BCUT2D eigenvalue weighted by molar-refractivity contribution is 8.15. The van der Waals surface area contributed by atoms with Gasteiger partial charge in [0.05, 0.1) is 11.4 Å². The molecule has 1 heterocycles. The van der Waals surface area contributed by atoms with Gasteiger partial charge in [-0.2, -0.15) is 0 Å². The van der Waals surface area contributed by atoms with Crippen molar-refractivity contribution in [1.29, 1.82) is 0 Å². The van der Waals surface area contributed by atoms with Crippen LogP contribution in [0.15, 0.2) is 33.6 Å². The number of carbonyl (C=O) groups excluding carboxylic acids is 1. The standard InChI is InChI=1S/C9H8N3O3S2/c13-8-5-16-9(11-8)10-6-1-3-7(4-2-6)12-17(14)15/h1-4H,5H2,(H,10,11,13)(H,12,14,15)/q-1. The quantitative estimate of drug-likeness (QED) is 0.633. The summed E-state index contributed by atoms with van der Waals surface area (Å²) >= 11 is 1.34. The Morgan fingerprint density at radius 3 is 2.47 bits per heavy atom. The minimum Gasteiger partial charge on any atom is -0.454 e. The van der Waals surface area contributed by atoms with Gasteiger partial charge in [0.15, 0.2) is 5.17 Å². The van der Waals surface area contributed by atoms with E-state index in [0.717, 1.165) is 0 Å². The second-order valence-corrected chi connectivity index (χ2v) is 4.70. The molecule has 1 aromatic rings. The molecular weight excluding hydrogens is 262 g/mol. The number of thioether (sulfide) groups is 1. The first-order chi connectivity index (χ1) is 8.13. The Kier molecular flexibility index (Phi) is 3.77. The number of amides is 1. The molecule has 1 saturated heterocycles. The number of hydrogen-bond acceptors (Lipinski definition) is 6. The zero-order valence-electron chi connectivity index (χ0n) is 8.49. The molecule has 0 aromatic heterocycles. The number of nitrogens with zero attached hydrogens (tertiary/aromatic N) is 2. The van der Waals surface area contributed by atoms with Crippen LogP contribution in [0.2, 0.25) is 0 Å². The minimum atomic E-state index is -2.20. The second kappa shape index (κ2) is 5.30. The van der Waals surface area contributed by atoms with Gasteiger partial charge in [-0.25, -0.2) is 4.99 Å². The lowest BCUT2D eigenvalue weighted by Crippen LogP contribution is -2.19. The Bertz CT molecular complexity index is 547. The lowest BCUT2D eigenvalue weighted by atomic mass is 10.3. The van der Waals surface area contributed by atoms with E-state index in [9.17, 15) is 9.00 Å². The van der Waals surface area contributed by atoms with Crippen LogP contribution in [0.3, 0.4) is 0 Å². The topological polar surface area (TPSA) is 91.1 Å². The number of hydrogen-bond donors (Lipinski definition) is 2. The van der Waals surface area contributed by atoms with E-state index in [-0.39, 0.29) is 5.91 Å². The molecule has 1 aliphatic heterocycles. The Labute approximate surface area is 104 Å². The Hall–Kier alpha value is -1.38. The molecule has 1 amide bonds. The lowest BCUT2D eigenvalue weighted by Gasteiger charge is -1.99. The zero-order valence-corrected chi connectivity index (χ0v) is 10.1. The maximum absolute atomic E-state index is 10.9. The van der Waals surface area contributed by atoms with E-state index in [2.05, 4.69) is 14.7 Å². The van der Waals surface area contributed by atoms with Crippen molar-refractivity contribution in [2.75, 3.05) is 5.75 Å². The minimum absolute atomic E-state index is 0.0592. The second-order valence-electron chi connectivity index (χ2n) is 3.09. The molecule has 90 valence electrons. The van der Waals surface area contributed by atoms with Gasteiger partial charge in [-0.05, 0) is 24.3 Å². The molecule has 2 rings (SSSR count). The number of aliphatic imine (C=N–C) groups is 1. The molecule has 1 aliphatic rings. The van der Waals surface area contributed by atoms with Gasteiger partial charge in [-0.1, -0.05) is 22.6 Å². The van der Waals surface area contributed by atoms with Crippen LogP contribution in [0.5, 0.6) is 0 Å². The molecule has 0 spiro atoms. The SMILES string of the molecule is O=C1CSC(=Nc2ccc(N=[S-](=O)O)cc2)N1. The molecule has 0 bridgehead atoms. The highest BCUT2D eigenvalue weighted by atomic mass is 32.2. The van der Waals surface area contributed by atoms with Crippen molar-refractivity contribution in [2.45, 2.75) is 0 Å². The van der Waals surface area contributed by atoms with E-state index in [1.165, 1.54) is 11.8 Å². The number of carbonyl (C=O) groups is 1. The Morgan fingerprint density at radius 2 is 1.94 bits per heavy atom. The lowest BCUT2D eigenvalue weighted by molar-refractivity contribution is -0.116. The summed E-state index contributed by atoms with van der Waals surface area (Å²) in [5.74, 6) is 0.325. The number of amidine groups is 1. The first-order valence-corrected chi connectivity index (χ1v) is 6.62. The zero-order chi connectivity index (χ0) is 12.3. The summed E-state index contributed by atoms with van der Waals surface area (Å²) in [6.45, 7) is 0. The van der Waals surface area contributed by atoms with Crippen molar-refractivity contribution >= 4 is 45.1 Å². The maximum Gasteiger partial charge on any atom is 0.236 e. The maximum atomic E-state index is 10.9. The molecule has 0 radical (unpaired) electrons. The molecule has 2 N–H and O–H groups in total. The molecular formula is C9H8N3O3S2-. The van der Waals surface area contributed by atoms with E-state index < -0.39 is 10.9 Å². The normalized spacial score (nSPS) is 19.6. The Balaban J connectivity index is 2.16. The van der Waals surface area contributed by atoms with Crippen molar-refractivity contribution in [2.24, 2.45) is 9.36 Å². The van der Waals surface area contributed by atoms with Crippen LogP contribution in [-0.2, 0) is 19.9 Å². The number of benzene rings is 1. The van der Waals surface area contributed by atoms with Crippen molar-refractivity contribution in [3.05, 3.63) is 24.3 Å². The molecule has 0 atom stereocenters. The monoisotopic (exact) mass is 270 g/mol. The average Bonchev–Trinajstić information content (AvgIpc) is 2.66. The first-order valence-electron chi connectivity index (χ1n) is 4.57. The first kappa shape index (κ1) is 12.1. The van der Waals surface area contributed by atoms with Crippen LogP contribution >= 0.6 is 11.8 Å². The molecule has 0 saturated carbocycles. The van der Waals surface area contributed by atoms with E-state index >= 15 is 0 Å². The molecule has 8 heteroatoms. The smallest absolute Gasteiger partial charge is 0.236 e. The average molecular weight is 270 g/mol. The molecule has 17 heavy (non-hydrogen) atoms. The highest BCUT2D eigenvalue weighted by Gasteiger charge is 2.15.